The number of halogens is 1. The van der Waals surface area contributed by atoms with Crippen LogP contribution in [0.1, 0.15) is 23.3 Å². The Morgan fingerprint density at radius 2 is 1.96 bits per heavy atom. The molecule has 0 spiro atoms. The lowest BCUT2D eigenvalue weighted by molar-refractivity contribution is 0.357. The molecule has 6 heteroatoms. The lowest BCUT2D eigenvalue weighted by atomic mass is 10.0. The third-order valence-electron chi connectivity index (χ3n) is 4.95. The second kappa shape index (κ2) is 7.15. The van der Waals surface area contributed by atoms with E-state index in [1.165, 1.54) is 4.31 Å². The average Bonchev–Trinajstić information content (AvgIpc) is 3.16. The van der Waals surface area contributed by atoms with Gasteiger partial charge in [0, 0.05) is 31.5 Å². The molecule has 1 aromatic heterocycles. The van der Waals surface area contributed by atoms with Gasteiger partial charge in [-0.2, -0.15) is 4.31 Å². The maximum Gasteiger partial charge on any atom is 0.238 e. The Hall–Kier alpha value is -2.08. The van der Waals surface area contributed by atoms with E-state index in [1.807, 2.05) is 54.6 Å². The molecule has 0 fully saturated rings. The van der Waals surface area contributed by atoms with Crippen LogP contribution in [0.5, 0.6) is 0 Å². The fourth-order valence-corrected chi connectivity index (χ4v) is 5.36. The summed E-state index contributed by atoms with van der Waals surface area (Å²) < 4.78 is 31.7. The van der Waals surface area contributed by atoms with E-state index in [4.69, 9.17) is 16.0 Å². The van der Waals surface area contributed by atoms with Crippen LogP contribution in [-0.2, 0) is 23.0 Å². The number of benzene rings is 1. The minimum atomic E-state index is -3.69. The summed E-state index contributed by atoms with van der Waals surface area (Å²) in [5, 5.41) is 0. The fourth-order valence-electron chi connectivity index (χ4n) is 3.33. The first-order valence-corrected chi connectivity index (χ1v) is 10.7. The summed E-state index contributed by atoms with van der Waals surface area (Å²) in [7, 11) is -3.69. The van der Waals surface area contributed by atoms with Gasteiger partial charge in [0.05, 0.1) is 6.26 Å². The molecule has 1 unspecified atom stereocenters. The van der Waals surface area contributed by atoms with E-state index < -0.39 is 14.2 Å². The number of hydrogen-bond acceptors (Lipinski definition) is 3. The number of furan rings is 1. The maximum absolute atomic E-state index is 13.1. The Morgan fingerprint density at radius 3 is 2.70 bits per heavy atom. The van der Waals surface area contributed by atoms with Crippen LogP contribution in [0.3, 0.4) is 0 Å². The number of fused-ring (bicyclic) bond motifs is 1. The molecule has 2 heterocycles. The molecule has 27 heavy (non-hydrogen) atoms. The van der Waals surface area contributed by atoms with Gasteiger partial charge in [-0.05, 0) is 23.3 Å². The fraction of sp³-hybridized carbons (Fsp3) is 0.238. The first kappa shape index (κ1) is 18.3. The maximum atomic E-state index is 13.1. The normalized spacial score (nSPS) is 23.4. The van der Waals surface area contributed by atoms with Crippen molar-refractivity contribution in [2.75, 3.05) is 6.54 Å². The van der Waals surface area contributed by atoms with Gasteiger partial charge >= 0.3 is 0 Å². The van der Waals surface area contributed by atoms with Crippen LogP contribution in [-0.4, -0.2) is 23.5 Å². The zero-order valence-corrected chi connectivity index (χ0v) is 16.3. The van der Waals surface area contributed by atoms with Crippen molar-refractivity contribution in [1.29, 1.82) is 0 Å². The highest BCUT2D eigenvalue weighted by molar-refractivity contribution is 7.92. The van der Waals surface area contributed by atoms with Gasteiger partial charge in [-0.25, -0.2) is 8.42 Å². The van der Waals surface area contributed by atoms with Crippen molar-refractivity contribution < 1.29 is 12.8 Å². The first-order chi connectivity index (χ1) is 13.0. The van der Waals surface area contributed by atoms with E-state index in [0.717, 1.165) is 22.5 Å². The Labute approximate surface area is 164 Å². The third kappa shape index (κ3) is 3.55. The summed E-state index contributed by atoms with van der Waals surface area (Å²) in [4.78, 5) is 0. The van der Waals surface area contributed by atoms with Crippen LogP contribution < -0.4 is 0 Å². The van der Waals surface area contributed by atoms with Crippen LogP contribution >= 0.6 is 11.6 Å². The summed E-state index contributed by atoms with van der Waals surface area (Å²) >= 11 is 6.58. The quantitative estimate of drug-likeness (QED) is 0.708. The van der Waals surface area contributed by atoms with Crippen molar-refractivity contribution in [3.8, 4) is 0 Å². The highest BCUT2D eigenvalue weighted by atomic mass is 35.5. The summed E-state index contributed by atoms with van der Waals surface area (Å²) in [6.45, 7) is 0.691. The van der Waals surface area contributed by atoms with Crippen molar-refractivity contribution >= 4 is 27.7 Å². The van der Waals surface area contributed by atoms with Crippen molar-refractivity contribution in [3.63, 3.8) is 0 Å². The molecular formula is C21H20ClNO3S. The molecule has 0 N–H and O–H groups in total. The molecule has 4 rings (SSSR count). The number of rotatable bonds is 4. The smallest absolute Gasteiger partial charge is 0.238 e. The van der Waals surface area contributed by atoms with Crippen molar-refractivity contribution in [1.82, 2.24) is 4.31 Å². The number of sulfonamides is 1. The minimum absolute atomic E-state index is 0.233. The largest absolute Gasteiger partial charge is 0.469 e. The molecule has 0 amide bonds. The van der Waals surface area contributed by atoms with Crippen molar-refractivity contribution in [2.24, 2.45) is 0 Å². The SMILES string of the molecule is O=S(=O)(N1CCc2occc2C1)C1(Cl)C=CC(C=Cc2ccccc2)=CC1. The average molecular weight is 402 g/mol. The molecule has 1 aromatic carbocycles. The van der Waals surface area contributed by atoms with Crippen molar-refractivity contribution in [2.45, 2.75) is 23.6 Å². The van der Waals surface area contributed by atoms with Crippen LogP contribution in [0.25, 0.3) is 6.08 Å². The van der Waals surface area contributed by atoms with Crippen LogP contribution in [0.2, 0.25) is 0 Å². The van der Waals surface area contributed by atoms with Gasteiger partial charge in [-0.3, -0.25) is 0 Å². The lowest BCUT2D eigenvalue weighted by Crippen LogP contribution is -2.46. The number of hydrogen-bond donors (Lipinski definition) is 0. The third-order valence-corrected chi connectivity index (χ3v) is 7.97. The zero-order chi connectivity index (χ0) is 18.9. The number of nitrogens with zero attached hydrogens (tertiary/aromatic N) is 1. The molecule has 1 atom stereocenters. The van der Waals surface area contributed by atoms with Crippen LogP contribution in [0.4, 0.5) is 0 Å². The summed E-state index contributed by atoms with van der Waals surface area (Å²) in [6, 6.07) is 11.8. The second-order valence-corrected chi connectivity index (χ2v) is 9.82. The first-order valence-electron chi connectivity index (χ1n) is 8.84. The van der Waals surface area contributed by atoms with Gasteiger partial charge in [0.15, 0.2) is 4.21 Å². The van der Waals surface area contributed by atoms with Crippen LogP contribution in [0, 0.1) is 0 Å². The van der Waals surface area contributed by atoms with E-state index in [2.05, 4.69) is 0 Å². The lowest BCUT2D eigenvalue weighted by Gasteiger charge is -2.33. The van der Waals surface area contributed by atoms with Gasteiger partial charge in [0.2, 0.25) is 10.0 Å². The summed E-state index contributed by atoms with van der Waals surface area (Å²) in [6.07, 6.45) is 11.6. The Kier molecular flexibility index (Phi) is 4.84. The predicted octanol–water partition coefficient (Wildman–Crippen LogP) is 4.50. The van der Waals surface area contributed by atoms with E-state index in [0.29, 0.717) is 19.5 Å². The van der Waals surface area contributed by atoms with Gasteiger partial charge < -0.3 is 4.42 Å². The molecule has 2 aliphatic rings. The molecule has 0 bridgehead atoms. The Balaban J connectivity index is 1.49. The minimum Gasteiger partial charge on any atom is -0.469 e. The number of alkyl halides is 1. The highest BCUT2D eigenvalue weighted by Crippen LogP contribution is 2.38. The topological polar surface area (TPSA) is 50.5 Å². The second-order valence-electron chi connectivity index (χ2n) is 6.73. The summed E-state index contributed by atoms with van der Waals surface area (Å²) in [5.74, 6) is 0.859. The monoisotopic (exact) mass is 401 g/mol. The van der Waals surface area contributed by atoms with Gasteiger partial charge in [-0.1, -0.05) is 66.2 Å². The van der Waals surface area contributed by atoms with Crippen LogP contribution in [0.15, 0.2) is 77.0 Å². The molecule has 0 radical (unpaired) electrons. The molecular weight excluding hydrogens is 382 g/mol. The summed E-state index contributed by atoms with van der Waals surface area (Å²) in [5.41, 5.74) is 2.94. The number of allylic oxidation sites excluding steroid dienone is 4. The molecule has 1 aliphatic carbocycles. The molecule has 0 saturated heterocycles. The van der Waals surface area contributed by atoms with Gasteiger partial charge in [-0.15, -0.1) is 0 Å². The van der Waals surface area contributed by atoms with Gasteiger partial charge in [0.1, 0.15) is 5.76 Å². The molecule has 1 aliphatic heterocycles. The van der Waals surface area contributed by atoms with Gasteiger partial charge in [0.25, 0.3) is 0 Å². The molecule has 4 nitrogen and oxygen atoms in total. The standard InChI is InChI=1S/C21H20ClNO3S/c22-21(27(24,25)23-14-10-20-19(16-23)11-15-26-20)12-8-18(9-13-21)7-6-17-4-2-1-3-5-17/h1-9,11-12,15H,10,13-14,16H2. The van der Waals surface area contributed by atoms with E-state index in [9.17, 15) is 8.42 Å². The van der Waals surface area contributed by atoms with Crippen molar-refractivity contribution in [3.05, 3.63) is 89.4 Å². The molecule has 140 valence electrons. The van der Waals surface area contributed by atoms with E-state index in [-0.39, 0.29) is 6.42 Å². The molecule has 2 aromatic rings. The zero-order valence-electron chi connectivity index (χ0n) is 14.7. The van der Waals surface area contributed by atoms with E-state index >= 15 is 0 Å². The molecule has 0 saturated carbocycles. The predicted molar refractivity (Wildman–Crippen MR) is 108 cm³/mol. The Morgan fingerprint density at radius 1 is 1.15 bits per heavy atom. The van der Waals surface area contributed by atoms with E-state index in [1.54, 1.807) is 18.4 Å². The Bertz CT molecular complexity index is 1020. The highest BCUT2D eigenvalue weighted by Gasteiger charge is 2.45.